The second-order valence-electron chi connectivity index (χ2n) is 4.90. The van der Waals surface area contributed by atoms with E-state index in [0.717, 1.165) is 25.3 Å². The highest BCUT2D eigenvalue weighted by molar-refractivity contribution is 4.65. The molecule has 0 rings (SSSR count). The summed E-state index contributed by atoms with van der Waals surface area (Å²) < 4.78 is 0. The molecule has 0 aromatic heterocycles. The van der Waals surface area contributed by atoms with Crippen LogP contribution in [0, 0.1) is 5.92 Å². The summed E-state index contributed by atoms with van der Waals surface area (Å²) in [6.45, 7) is 5.46. The highest BCUT2D eigenvalue weighted by Crippen LogP contribution is 2.19. The molecule has 2 atom stereocenters. The van der Waals surface area contributed by atoms with Crippen molar-refractivity contribution in [3.05, 3.63) is 0 Å². The first-order valence-corrected chi connectivity index (χ1v) is 6.42. The van der Waals surface area contributed by atoms with Gasteiger partial charge in [0, 0.05) is 0 Å². The second-order valence-corrected chi connectivity index (χ2v) is 4.90. The largest absolute Gasteiger partial charge is 0.393 e. The molecule has 0 spiro atoms. The molecule has 0 aliphatic carbocycles. The smallest absolute Gasteiger partial charge is 0.0555 e. The van der Waals surface area contributed by atoms with Gasteiger partial charge in [-0.25, -0.2) is 0 Å². The first-order valence-electron chi connectivity index (χ1n) is 6.42. The lowest BCUT2D eigenvalue weighted by molar-refractivity contribution is 0.119. The van der Waals surface area contributed by atoms with Crippen molar-refractivity contribution in [1.29, 1.82) is 0 Å². The minimum absolute atomic E-state index is 0.103. The molecule has 0 aliphatic rings. The van der Waals surface area contributed by atoms with Crippen molar-refractivity contribution in [1.82, 2.24) is 4.90 Å². The molecule has 92 valence electrons. The lowest BCUT2D eigenvalue weighted by atomic mass is 9.92. The van der Waals surface area contributed by atoms with Gasteiger partial charge in [-0.1, -0.05) is 39.5 Å². The van der Waals surface area contributed by atoms with Gasteiger partial charge in [-0.2, -0.15) is 0 Å². The Hall–Kier alpha value is -0.0800. The predicted octanol–water partition coefficient (Wildman–Crippen LogP) is 2.91. The Balaban J connectivity index is 3.64. The van der Waals surface area contributed by atoms with Crippen LogP contribution in [0.3, 0.4) is 0 Å². The van der Waals surface area contributed by atoms with E-state index in [2.05, 4.69) is 32.8 Å². The molecule has 0 bridgehead atoms. The average Bonchev–Trinajstić information content (AvgIpc) is 2.21. The summed E-state index contributed by atoms with van der Waals surface area (Å²) in [5, 5.41) is 9.87. The molecule has 0 aromatic carbocycles. The van der Waals surface area contributed by atoms with E-state index in [-0.39, 0.29) is 6.10 Å². The quantitative estimate of drug-likeness (QED) is 0.639. The van der Waals surface area contributed by atoms with E-state index in [1.165, 1.54) is 25.7 Å². The summed E-state index contributed by atoms with van der Waals surface area (Å²) in [5.74, 6) is 0.724. The van der Waals surface area contributed by atoms with Gasteiger partial charge in [0.25, 0.3) is 0 Å². The van der Waals surface area contributed by atoms with Gasteiger partial charge in [0.05, 0.1) is 6.10 Å². The number of hydrogen-bond donors (Lipinski definition) is 1. The Morgan fingerprint density at radius 1 is 1.13 bits per heavy atom. The fraction of sp³-hybridized carbons (Fsp3) is 1.00. The average molecular weight is 215 g/mol. The van der Waals surface area contributed by atoms with E-state index in [4.69, 9.17) is 0 Å². The summed E-state index contributed by atoms with van der Waals surface area (Å²) in [4.78, 5) is 2.14. The van der Waals surface area contributed by atoms with Gasteiger partial charge in [0.15, 0.2) is 0 Å². The van der Waals surface area contributed by atoms with Gasteiger partial charge in [0.1, 0.15) is 0 Å². The van der Waals surface area contributed by atoms with E-state index in [1.807, 2.05) is 0 Å². The Morgan fingerprint density at radius 2 is 1.80 bits per heavy atom. The molecule has 0 amide bonds. The topological polar surface area (TPSA) is 23.5 Å². The fourth-order valence-electron chi connectivity index (χ4n) is 1.89. The van der Waals surface area contributed by atoms with Gasteiger partial charge in [-0.15, -0.1) is 0 Å². The Labute approximate surface area is 95.7 Å². The summed E-state index contributed by atoms with van der Waals surface area (Å²) in [6, 6.07) is 0. The van der Waals surface area contributed by atoms with E-state index in [1.54, 1.807) is 0 Å². The molecule has 0 radical (unpaired) electrons. The molecule has 2 heteroatoms. The van der Waals surface area contributed by atoms with Crippen molar-refractivity contribution in [2.45, 2.75) is 58.5 Å². The van der Waals surface area contributed by atoms with Crippen molar-refractivity contribution in [2.75, 3.05) is 20.6 Å². The van der Waals surface area contributed by atoms with Crippen LogP contribution in [0.4, 0.5) is 0 Å². The van der Waals surface area contributed by atoms with E-state index in [9.17, 15) is 5.11 Å². The molecule has 0 fully saturated rings. The summed E-state index contributed by atoms with van der Waals surface area (Å²) >= 11 is 0. The number of nitrogens with zero attached hydrogens (tertiary/aromatic N) is 1. The zero-order valence-electron chi connectivity index (χ0n) is 11.0. The van der Waals surface area contributed by atoms with E-state index in [0.29, 0.717) is 0 Å². The lowest BCUT2D eigenvalue weighted by Gasteiger charge is -2.20. The van der Waals surface area contributed by atoms with Crippen LogP contribution < -0.4 is 0 Å². The number of rotatable bonds is 9. The van der Waals surface area contributed by atoms with Crippen molar-refractivity contribution in [2.24, 2.45) is 5.92 Å². The first-order chi connectivity index (χ1) is 7.10. The van der Waals surface area contributed by atoms with E-state index >= 15 is 0 Å². The van der Waals surface area contributed by atoms with Gasteiger partial charge >= 0.3 is 0 Å². The maximum absolute atomic E-state index is 9.87. The maximum Gasteiger partial charge on any atom is 0.0555 e. The van der Waals surface area contributed by atoms with Crippen LogP contribution in [0.15, 0.2) is 0 Å². The zero-order chi connectivity index (χ0) is 11.7. The minimum Gasteiger partial charge on any atom is -0.393 e. The van der Waals surface area contributed by atoms with Crippen molar-refractivity contribution in [3.8, 4) is 0 Å². The Morgan fingerprint density at radius 3 is 2.27 bits per heavy atom. The van der Waals surface area contributed by atoms with Crippen LogP contribution in [0.25, 0.3) is 0 Å². The Bertz CT molecular complexity index is 136. The molecule has 0 saturated heterocycles. The standard InChI is InChI=1S/C13H29NO/c1-5-7-8-12(6-2)11-13(15)9-10-14(3)4/h12-13,15H,5-11H2,1-4H3. The van der Waals surface area contributed by atoms with Gasteiger partial charge in [-0.05, 0) is 39.4 Å². The fourth-order valence-corrected chi connectivity index (χ4v) is 1.89. The third-order valence-electron chi connectivity index (χ3n) is 3.06. The third kappa shape index (κ3) is 8.88. The number of hydrogen-bond acceptors (Lipinski definition) is 2. The molecular weight excluding hydrogens is 186 g/mol. The summed E-state index contributed by atoms with van der Waals surface area (Å²) in [7, 11) is 4.11. The van der Waals surface area contributed by atoms with Crippen molar-refractivity contribution >= 4 is 0 Å². The van der Waals surface area contributed by atoms with E-state index < -0.39 is 0 Å². The van der Waals surface area contributed by atoms with Crippen LogP contribution in [-0.2, 0) is 0 Å². The monoisotopic (exact) mass is 215 g/mol. The minimum atomic E-state index is -0.103. The molecule has 1 N–H and O–H groups in total. The SMILES string of the molecule is CCCCC(CC)CC(O)CCN(C)C. The number of aliphatic hydroxyl groups is 1. The van der Waals surface area contributed by atoms with Crippen LogP contribution in [0.1, 0.15) is 52.4 Å². The molecule has 2 unspecified atom stereocenters. The number of unbranched alkanes of at least 4 members (excludes halogenated alkanes) is 1. The van der Waals surface area contributed by atoms with Gasteiger partial charge in [0.2, 0.25) is 0 Å². The van der Waals surface area contributed by atoms with Gasteiger partial charge < -0.3 is 10.0 Å². The molecule has 0 saturated carbocycles. The van der Waals surface area contributed by atoms with Crippen LogP contribution in [-0.4, -0.2) is 36.8 Å². The normalized spacial score (nSPS) is 15.6. The predicted molar refractivity (Wildman–Crippen MR) is 67.1 cm³/mol. The zero-order valence-corrected chi connectivity index (χ0v) is 11.0. The van der Waals surface area contributed by atoms with Crippen molar-refractivity contribution < 1.29 is 5.11 Å². The second kappa shape index (κ2) is 9.17. The van der Waals surface area contributed by atoms with Crippen LogP contribution in [0.5, 0.6) is 0 Å². The summed E-state index contributed by atoms with van der Waals surface area (Å²) in [6.07, 6.45) is 6.86. The molecule has 2 nitrogen and oxygen atoms in total. The number of aliphatic hydroxyl groups excluding tert-OH is 1. The molecule has 0 aliphatic heterocycles. The lowest BCUT2D eigenvalue weighted by Crippen LogP contribution is -2.21. The molecule has 0 heterocycles. The highest BCUT2D eigenvalue weighted by atomic mass is 16.3. The first kappa shape index (κ1) is 14.9. The van der Waals surface area contributed by atoms with Crippen LogP contribution >= 0.6 is 0 Å². The third-order valence-corrected chi connectivity index (χ3v) is 3.06. The molecular formula is C13H29NO. The molecule has 15 heavy (non-hydrogen) atoms. The Kier molecular flexibility index (Phi) is 9.12. The summed E-state index contributed by atoms with van der Waals surface area (Å²) in [5.41, 5.74) is 0. The molecule has 0 aromatic rings. The van der Waals surface area contributed by atoms with Crippen LogP contribution in [0.2, 0.25) is 0 Å². The highest BCUT2D eigenvalue weighted by Gasteiger charge is 2.12. The van der Waals surface area contributed by atoms with Crippen molar-refractivity contribution in [3.63, 3.8) is 0 Å². The maximum atomic E-state index is 9.87. The van der Waals surface area contributed by atoms with Gasteiger partial charge in [-0.3, -0.25) is 0 Å².